The summed E-state index contributed by atoms with van der Waals surface area (Å²) in [4.78, 5) is 49.8. The zero-order valence-corrected chi connectivity index (χ0v) is 17.7. The maximum Gasteiger partial charge on any atom is 0.256 e. The molecule has 7 nitrogen and oxygen atoms in total. The lowest BCUT2D eigenvalue weighted by molar-refractivity contribution is -0.135. The number of amides is 2. The van der Waals surface area contributed by atoms with Crippen LogP contribution in [0.15, 0.2) is 35.1 Å². The summed E-state index contributed by atoms with van der Waals surface area (Å²) in [6, 6.07) is 9.55. The van der Waals surface area contributed by atoms with Crippen LogP contribution in [0.1, 0.15) is 60.8 Å². The average molecular weight is 421 g/mol. The van der Waals surface area contributed by atoms with Gasteiger partial charge in [-0.2, -0.15) is 0 Å². The van der Waals surface area contributed by atoms with Crippen LogP contribution in [0.2, 0.25) is 0 Å². The Hall–Kier alpha value is -2.96. The molecule has 7 heteroatoms. The number of carbonyl (C=O) groups is 2. The second kappa shape index (κ2) is 8.29. The van der Waals surface area contributed by atoms with E-state index in [0.29, 0.717) is 43.9 Å². The summed E-state index contributed by atoms with van der Waals surface area (Å²) in [5.41, 5.74) is 2.19. The molecule has 1 saturated heterocycles. The maximum absolute atomic E-state index is 13.1. The third-order valence-electron chi connectivity index (χ3n) is 6.66. The van der Waals surface area contributed by atoms with E-state index in [1.54, 1.807) is 4.90 Å². The monoisotopic (exact) mass is 420 g/mol. The molecule has 1 N–H and O–H groups in total. The molecule has 2 amide bonds. The molecule has 1 atom stereocenters. The summed E-state index contributed by atoms with van der Waals surface area (Å²) in [6.45, 7) is 1.63. The van der Waals surface area contributed by atoms with Gasteiger partial charge in [0.1, 0.15) is 5.82 Å². The summed E-state index contributed by atoms with van der Waals surface area (Å²) in [6.07, 6.45) is 5.64. The Kier molecular flexibility index (Phi) is 5.34. The third kappa shape index (κ3) is 4.13. The molecular weight excluding hydrogens is 392 g/mol. The molecule has 0 spiro atoms. The minimum atomic E-state index is -0.200. The van der Waals surface area contributed by atoms with Gasteiger partial charge in [-0.05, 0) is 37.7 Å². The van der Waals surface area contributed by atoms with Gasteiger partial charge in [-0.3, -0.25) is 14.4 Å². The van der Waals surface area contributed by atoms with Gasteiger partial charge in [0, 0.05) is 25.4 Å². The molecule has 3 heterocycles. The molecule has 0 bridgehead atoms. The number of H-pyrrole nitrogens is 1. The lowest BCUT2D eigenvalue weighted by Crippen LogP contribution is -2.43. The van der Waals surface area contributed by atoms with Crippen LogP contribution < -0.4 is 5.56 Å². The Balaban J connectivity index is 1.37. The van der Waals surface area contributed by atoms with Crippen LogP contribution in [-0.2, 0) is 29.0 Å². The van der Waals surface area contributed by atoms with Crippen LogP contribution in [0, 0.1) is 5.92 Å². The van der Waals surface area contributed by atoms with Crippen LogP contribution in [0.25, 0.3) is 0 Å². The number of piperidine rings is 1. The number of aromatic nitrogens is 2. The van der Waals surface area contributed by atoms with Crippen LogP contribution in [0.5, 0.6) is 0 Å². The van der Waals surface area contributed by atoms with Gasteiger partial charge >= 0.3 is 0 Å². The van der Waals surface area contributed by atoms with Crippen molar-refractivity contribution in [1.82, 2.24) is 19.8 Å². The molecule has 0 unspecified atom stereocenters. The molecule has 162 valence electrons. The number of hydrogen-bond donors (Lipinski definition) is 1. The van der Waals surface area contributed by atoms with E-state index in [9.17, 15) is 14.4 Å². The van der Waals surface area contributed by atoms with Crippen LogP contribution in [0.4, 0.5) is 0 Å². The molecule has 3 aliphatic rings. The van der Waals surface area contributed by atoms with Crippen molar-refractivity contribution in [3.8, 4) is 0 Å². The number of nitrogens with zero attached hydrogens (tertiary/aromatic N) is 3. The maximum atomic E-state index is 13.1. The van der Waals surface area contributed by atoms with E-state index in [4.69, 9.17) is 4.98 Å². The summed E-state index contributed by atoms with van der Waals surface area (Å²) in [5, 5.41) is 0. The Morgan fingerprint density at radius 1 is 1.06 bits per heavy atom. The van der Waals surface area contributed by atoms with Crippen molar-refractivity contribution >= 4 is 11.8 Å². The summed E-state index contributed by atoms with van der Waals surface area (Å²) in [7, 11) is 0. The number of fused-ring (bicyclic) bond motifs is 1. The van der Waals surface area contributed by atoms with Gasteiger partial charge in [-0.25, -0.2) is 4.98 Å². The molecule has 2 aliphatic heterocycles. The topological polar surface area (TPSA) is 86.4 Å². The molecule has 2 fully saturated rings. The predicted octanol–water partition coefficient (Wildman–Crippen LogP) is 2.36. The van der Waals surface area contributed by atoms with Crippen molar-refractivity contribution in [3.05, 3.63) is 63.3 Å². The minimum Gasteiger partial charge on any atom is -0.337 e. The van der Waals surface area contributed by atoms with Crippen LogP contribution in [0.3, 0.4) is 0 Å². The highest BCUT2D eigenvalue weighted by molar-refractivity contribution is 5.81. The first-order chi connectivity index (χ1) is 15.1. The van der Waals surface area contributed by atoms with Crippen molar-refractivity contribution < 1.29 is 9.59 Å². The highest BCUT2D eigenvalue weighted by Gasteiger charge is 2.36. The molecule has 1 saturated carbocycles. The summed E-state index contributed by atoms with van der Waals surface area (Å²) >= 11 is 0. The van der Waals surface area contributed by atoms with E-state index in [-0.39, 0.29) is 29.3 Å². The second-order valence-corrected chi connectivity index (χ2v) is 8.92. The van der Waals surface area contributed by atoms with Gasteiger partial charge in [-0.15, -0.1) is 0 Å². The predicted molar refractivity (Wildman–Crippen MR) is 115 cm³/mol. The molecular formula is C24H28N4O3. The zero-order chi connectivity index (χ0) is 21.4. The van der Waals surface area contributed by atoms with Gasteiger partial charge in [0.2, 0.25) is 11.8 Å². The van der Waals surface area contributed by atoms with Crippen molar-refractivity contribution in [2.75, 3.05) is 13.1 Å². The van der Waals surface area contributed by atoms with Crippen molar-refractivity contribution in [1.29, 1.82) is 0 Å². The molecule has 31 heavy (non-hydrogen) atoms. The van der Waals surface area contributed by atoms with E-state index in [2.05, 4.69) is 4.98 Å². The standard InChI is InChI=1S/C24H28N4O3/c29-21(14-16-6-2-1-3-7-16)28-12-5-4-8-20(28)22-25-19-11-13-27(24(31)17-9-10-17)15-18(19)23(30)26-22/h1-3,6-7,17,20H,4-5,8-15H2,(H,25,26,30)/t20-/m0/s1. The lowest BCUT2D eigenvalue weighted by atomic mass is 9.99. The van der Waals surface area contributed by atoms with E-state index >= 15 is 0 Å². The van der Waals surface area contributed by atoms with E-state index < -0.39 is 0 Å². The normalized spacial score (nSPS) is 21.0. The van der Waals surface area contributed by atoms with Crippen molar-refractivity contribution in [2.24, 2.45) is 5.92 Å². The van der Waals surface area contributed by atoms with Gasteiger partial charge < -0.3 is 14.8 Å². The number of aromatic amines is 1. The number of carbonyl (C=O) groups excluding carboxylic acids is 2. The summed E-state index contributed by atoms with van der Waals surface area (Å²) in [5.74, 6) is 0.975. The number of hydrogen-bond acceptors (Lipinski definition) is 4. The van der Waals surface area contributed by atoms with Gasteiger partial charge in [0.25, 0.3) is 5.56 Å². The Morgan fingerprint density at radius 3 is 2.65 bits per heavy atom. The first-order valence-corrected chi connectivity index (χ1v) is 11.3. The average Bonchev–Trinajstić information content (AvgIpc) is 3.64. The molecule has 1 aromatic heterocycles. The number of rotatable bonds is 4. The van der Waals surface area contributed by atoms with Crippen LogP contribution >= 0.6 is 0 Å². The van der Waals surface area contributed by atoms with E-state index in [1.807, 2.05) is 35.2 Å². The Labute approximate surface area is 181 Å². The molecule has 2 aromatic rings. The highest BCUT2D eigenvalue weighted by atomic mass is 16.2. The second-order valence-electron chi connectivity index (χ2n) is 8.92. The fraction of sp³-hybridized carbons (Fsp3) is 0.500. The SMILES string of the molecule is O=C(C1CC1)N1CCc2nc([C@@H]3CCCCN3C(=O)Cc3ccccc3)[nH]c(=O)c2C1. The van der Waals surface area contributed by atoms with E-state index in [0.717, 1.165) is 43.4 Å². The van der Waals surface area contributed by atoms with Gasteiger partial charge in [-0.1, -0.05) is 30.3 Å². The highest BCUT2D eigenvalue weighted by Crippen LogP contribution is 2.33. The minimum absolute atomic E-state index is 0.0671. The third-order valence-corrected chi connectivity index (χ3v) is 6.66. The van der Waals surface area contributed by atoms with Crippen LogP contribution in [-0.4, -0.2) is 44.7 Å². The molecule has 1 aliphatic carbocycles. The number of likely N-dealkylation sites (tertiary alicyclic amines) is 1. The van der Waals surface area contributed by atoms with Gasteiger partial charge in [0.15, 0.2) is 0 Å². The first kappa shape index (κ1) is 20.0. The summed E-state index contributed by atoms with van der Waals surface area (Å²) < 4.78 is 0. The van der Waals surface area contributed by atoms with Crippen molar-refractivity contribution in [3.63, 3.8) is 0 Å². The molecule has 0 radical (unpaired) electrons. The van der Waals surface area contributed by atoms with E-state index in [1.165, 1.54) is 0 Å². The Morgan fingerprint density at radius 2 is 1.87 bits per heavy atom. The van der Waals surface area contributed by atoms with Crippen molar-refractivity contribution in [2.45, 2.75) is 57.5 Å². The molecule has 5 rings (SSSR count). The van der Waals surface area contributed by atoms with Gasteiger partial charge in [0.05, 0.1) is 30.3 Å². The lowest BCUT2D eigenvalue weighted by Gasteiger charge is -2.36. The largest absolute Gasteiger partial charge is 0.337 e. The molecule has 1 aromatic carbocycles. The number of benzene rings is 1. The Bertz CT molecular complexity index is 1040. The quantitative estimate of drug-likeness (QED) is 0.823. The fourth-order valence-electron chi connectivity index (χ4n) is 4.77. The number of nitrogens with one attached hydrogen (secondary N) is 1. The zero-order valence-electron chi connectivity index (χ0n) is 17.7. The smallest absolute Gasteiger partial charge is 0.256 e. The fourth-order valence-corrected chi connectivity index (χ4v) is 4.77. The first-order valence-electron chi connectivity index (χ1n) is 11.3.